The average Bonchev–Trinajstić information content (AvgIpc) is 3.46. The molecule has 2 amide bonds. The molecule has 2 heterocycles. The Morgan fingerprint density at radius 2 is 2.03 bits per heavy atom. The summed E-state index contributed by atoms with van der Waals surface area (Å²) in [4.78, 5) is 26.9. The van der Waals surface area contributed by atoms with Crippen molar-refractivity contribution in [2.24, 2.45) is 0 Å². The second-order valence-electron chi connectivity index (χ2n) is 8.63. The van der Waals surface area contributed by atoms with E-state index in [1.165, 1.54) is 0 Å². The number of hydrogen-bond acceptors (Lipinski definition) is 4. The summed E-state index contributed by atoms with van der Waals surface area (Å²) in [5.74, 6) is 0.838. The lowest BCUT2D eigenvalue weighted by Gasteiger charge is -2.25. The van der Waals surface area contributed by atoms with Crippen molar-refractivity contribution in [3.63, 3.8) is 0 Å². The van der Waals surface area contributed by atoms with E-state index in [1.807, 2.05) is 53.3 Å². The number of ether oxygens (including phenoxy) is 1. The molecule has 1 N–H and O–H groups in total. The third-order valence-electron chi connectivity index (χ3n) is 6.57. The minimum atomic E-state index is -0.126. The maximum atomic E-state index is 13.1. The van der Waals surface area contributed by atoms with Crippen molar-refractivity contribution in [2.45, 2.75) is 44.7 Å². The first-order valence-electron chi connectivity index (χ1n) is 11.5. The molecule has 1 atom stereocenters. The van der Waals surface area contributed by atoms with Gasteiger partial charge in [-0.25, -0.2) is 0 Å². The molecular weight excluding hydrogens is 416 g/mol. The molecule has 170 valence electrons. The van der Waals surface area contributed by atoms with Gasteiger partial charge in [-0.1, -0.05) is 24.3 Å². The van der Waals surface area contributed by atoms with Crippen molar-refractivity contribution in [1.29, 1.82) is 0 Å². The molecule has 1 aliphatic heterocycles. The van der Waals surface area contributed by atoms with E-state index in [0.717, 1.165) is 53.9 Å². The summed E-state index contributed by atoms with van der Waals surface area (Å²) < 4.78 is 7.51. The molecular formula is C26H28N4O3. The number of aromatic nitrogens is 2. The van der Waals surface area contributed by atoms with Crippen LogP contribution in [0, 0.1) is 0 Å². The number of carbonyl (C=O) groups is 2. The van der Waals surface area contributed by atoms with Gasteiger partial charge in [0.25, 0.3) is 5.91 Å². The summed E-state index contributed by atoms with van der Waals surface area (Å²) in [5, 5.41) is 7.84. The number of para-hydroxylation sites is 1. The average molecular weight is 445 g/mol. The number of hydrogen-bond donors (Lipinski definition) is 1. The van der Waals surface area contributed by atoms with Crippen LogP contribution in [0.15, 0.2) is 54.7 Å². The molecule has 33 heavy (non-hydrogen) atoms. The second-order valence-corrected chi connectivity index (χ2v) is 8.63. The van der Waals surface area contributed by atoms with E-state index >= 15 is 0 Å². The number of rotatable bonds is 6. The molecule has 0 saturated carbocycles. The summed E-state index contributed by atoms with van der Waals surface area (Å²) in [6.07, 6.45) is 6.11. The molecule has 1 fully saturated rings. The molecule has 1 aliphatic carbocycles. The lowest BCUT2D eigenvalue weighted by atomic mass is 9.92. The van der Waals surface area contributed by atoms with Gasteiger partial charge in [0, 0.05) is 41.0 Å². The molecule has 5 rings (SSSR count). The standard InChI is InChI=1S/C26H28N4O3/c1-33-24-12-3-2-7-19(24)17-30-23-11-5-10-22(21(23)16-27-30)28-26(32)18-8-4-9-20(15-18)29-14-6-13-25(29)31/h2-4,7-9,12,15-16,22H,5-6,10-11,13-14,17H2,1H3,(H,28,32). The van der Waals surface area contributed by atoms with Crippen LogP contribution in [-0.2, 0) is 17.8 Å². The fourth-order valence-electron chi connectivity index (χ4n) is 4.88. The van der Waals surface area contributed by atoms with Crippen molar-refractivity contribution in [3.05, 3.63) is 77.1 Å². The molecule has 0 bridgehead atoms. The second kappa shape index (κ2) is 9.10. The van der Waals surface area contributed by atoms with Gasteiger partial charge in [0.05, 0.1) is 25.9 Å². The largest absolute Gasteiger partial charge is 0.496 e. The van der Waals surface area contributed by atoms with E-state index in [9.17, 15) is 9.59 Å². The summed E-state index contributed by atoms with van der Waals surface area (Å²) >= 11 is 0. The highest BCUT2D eigenvalue weighted by atomic mass is 16.5. The molecule has 0 radical (unpaired) electrons. The van der Waals surface area contributed by atoms with Crippen LogP contribution < -0.4 is 15.0 Å². The number of nitrogens with zero attached hydrogens (tertiary/aromatic N) is 3. The fraction of sp³-hybridized carbons (Fsp3) is 0.346. The number of carbonyl (C=O) groups excluding carboxylic acids is 2. The van der Waals surface area contributed by atoms with Gasteiger partial charge < -0.3 is 15.0 Å². The molecule has 7 nitrogen and oxygen atoms in total. The van der Waals surface area contributed by atoms with Gasteiger partial charge >= 0.3 is 0 Å². The first kappa shape index (κ1) is 21.2. The van der Waals surface area contributed by atoms with Crippen molar-refractivity contribution in [3.8, 4) is 5.75 Å². The Morgan fingerprint density at radius 3 is 2.85 bits per heavy atom. The minimum absolute atomic E-state index is 0.0789. The van der Waals surface area contributed by atoms with E-state index in [0.29, 0.717) is 25.1 Å². The van der Waals surface area contributed by atoms with Gasteiger partial charge in [0.1, 0.15) is 5.75 Å². The van der Waals surface area contributed by atoms with Crippen LogP contribution in [0.25, 0.3) is 0 Å². The topological polar surface area (TPSA) is 76.5 Å². The molecule has 2 aromatic carbocycles. The molecule has 1 saturated heterocycles. The van der Waals surface area contributed by atoms with Crippen molar-refractivity contribution in [1.82, 2.24) is 15.1 Å². The third-order valence-corrected chi connectivity index (χ3v) is 6.57. The summed E-state index contributed by atoms with van der Waals surface area (Å²) in [6, 6.07) is 15.2. The molecule has 7 heteroatoms. The zero-order valence-electron chi connectivity index (χ0n) is 18.8. The minimum Gasteiger partial charge on any atom is -0.496 e. The van der Waals surface area contributed by atoms with Gasteiger partial charge in [-0.05, 0) is 49.9 Å². The Balaban J connectivity index is 1.33. The van der Waals surface area contributed by atoms with E-state index in [-0.39, 0.29) is 17.9 Å². The Morgan fingerprint density at radius 1 is 1.15 bits per heavy atom. The van der Waals surface area contributed by atoms with Crippen LogP contribution in [0.4, 0.5) is 5.69 Å². The maximum Gasteiger partial charge on any atom is 0.251 e. The Bertz CT molecular complexity index is 1190. The molecule has 2 aliphatic rings. The van der Waals surface area contributed by atoms with E-state index < -0.39 is 0 Å². The van der Waals surface area contributed by atoms with Gasteiger partial charge in [-0.15, -0.1) is 0 Å². The molecule has 1 aromatic heterocycles. The third kappa shape index (κ3) is 4.23. The lowest BCUT2D eigenvalue weighted by Crippen LogP contribution is -2.31. The van der Waals surface area contributed by atoms with Gasteiger partial charge in [0.2, 0.25) is 5.91 Å². The smallest absolute Gasteiger partial charge is 0.251 e. The highest BCUT2D eigenvalue weighted by Crippen LogP contribution is 2.31. The zero-order chi connectivity index (χ0) is 22.8. The normalized spacial score (nSPS) is 17.7. The first-order valence-corrected chi connectivity index (χ1v) is 11.5. The highest BCUT2D eigenvalue weighted by molar-refractivity contribution is 5.99. The Kier molecular flexibility index (Phi) is 5.86. The number of anilines is 1. The van der Waals surface area contributed by atoms with Gasteiger partial charge in [0.15, 0.2) is 0 Å². The number of methoxy groups -OCH3 is 1. The van der Waals surface area contributed by atoms with Crippen molar-refractivity contribution in [2.75, 3.05) is 18.6 Å². The van der Waals surface area contributed by atoms with Crippen LogP contribution in [0.3, 0.4) is 0 Å². The first-order chi connectivity index (χ1) is 16.1. The predicted octanol–water partition coefficient (Wildman–Crippen LogP) is 3.87. The van der Waals surface area contributed by atoms with Gasteiger partial charge in [-0.2, -0.15) is 5.10 Å². The zero-order valence-corrected chi connectivity index (χ0v) is 18.8. The Hall–Kier alpha value is -3.61. The molecule has 1 unspecified atom stereocenters. The quantitative estimate of drug-likeness (QED) is 0.626. The highest BCUT2D eigenvalue weighted by Gasteiger charge is 2.27. The van der Waals surface area contributed by atoms with Crippen molar-refractivity contribution >= 4 is 17.5 Å². The summed E-state index contributed by atoms with van der Waals surface area (Å²) in [7, 11) is 1.68. The van der Waals surface area contributed by atoms with Crippen LogP contribution in [-0.4, -0.2) is 35.2 Å². The molecule has 3 aromatic rings. The summed E-state index contributed by atoms with van der Waals surface area (Å²) in [5.41, 5.74) is 4.68. The summed E-state index contributed by atoms with van der Waals surface area (Å²) in [6.45, 7) is 1.34. The monoisotopic (exact) mass is 444 g/mol. The van der Waals surface area contributed by atoms with Crippen LogP contribution in [0.5, 0.6) is 5.75 Å². The predicted molar refractivity (Wildman–Crippen MR) is 125 cm³/mol. The lowest BCUT2D eigenvalue weighted by molar-refractivity contribution is -0.117. The van der Waals surface area contributed by atoms with Crippen LogP contribution in [0.2, 0.25) is 0 Å². The van der Waals surface area contributed by atoms with Crippen molar-refractivity contribution < 1.29 is 14.3 Å². The van der Waals surface area contributed by atoms with E-state index in [4.69, 9.17) is 4.74 Å². The number of fused-ring (bicyclic) bond motifs is 1. The number of benzene rings is 2. The van der Waals surface area contributed by atoms with E-state index in [1.54, 1.807) is 18.1 Å². The van der Waals surface area contributed by atoms with E-state index in [2.05, 4.69) is 10.4 Å². The van der Waals surface area contributed by atoms with Crippen LogP contribution >= 0.6 is 0 Å². The van der Waals surface area contributed by atoms with Crippen LogP contribution in [0.1, 0.15) is 58.9 Å². The number of amides is 2. The maximum absolute atomic E-state index is 13.1. The number of nitrogens with one attached hydrogen (secondary N) is 1. The molecule has 0 spiro atoms. The SMILES string of the molecule is COc1ccccc1Cn1ncc2c1CCCC2NC(=O)c1cccc(N2CCCC2=O)c1. The van der Waals surface area contributed by atoms with Gasteiger partial charge in [-0.3, -0.25) is 14.3 Å². The fourth-order valence-corrected chi connectivity index (χ4v) is 4.88. The Labute approximate surface area is 193 Å².